The molecule has 0 spiro atoms. The van der Waals surface area contributed by atoms with Gasteiger partial charge in [0, 0.05) is 66.7 Å². The lowest BCUT2D eigenvalue weighted by Crippen LogP contribution is -2.14. The minimum Gasteiger partial charge on any atom is -0.455 e. The molecule has 0 unspecified atom stereocenters. The zero-order valence-corrected chi connectivity index (χ0v) is 37.3. The van der Waals surface area contributed by atoms with Crippen molar-refractivity contribution in [3.05, 3.63) is 198 Å². The van der Waals surface area contributed by atoms with E-state index in [9.17, 15) is 0 Å². The lowest BCUT2D eigenvalue weighted by Gasteiger charge is -2.28. The van der Waals surface area contributed by atoms with Gasteiger partial charge in [-0.3, -0.25) is 4.79 Å². The number of rotatable bonds is 7. The fraction of sp³-hybridized carbons (Fsp3) is 0.153. The molecule has 0 N–H and O–H groups in total. The molecule has 0 amide bonds. The van der Waals surface area contributed by atoms with E-state index in [-0.39, 0.29) is 16.6 Å². The van der Waals surface area contributed by atoms with E-state index in [1.165, 1.54) is 5.56 Å². The molecule has 0 bridgehead atoms. The van der Waals surface area contributed by atoms with Gasteiger partial charge in [-0.05, 0) is 123 Å². The highest BCUT2D eigenvalue weighted by atomic mass is 16.3. The van der Waals surface area contributed by atoms with Crippen LogP contribution in [0.1, 0.15) is 72.8 Å². The molecular weight excluding hydrogens is 785 g/mol. The van der Waals surface area contributed by atoms with E-state index in [0.29, 0.717) is 22.3 Å². The van der Waals surface area contributed by atoms with E-state index in [1.807, 2.05) is 36.4 Å². The zero-order chi connectivity index (χ0) is 44.2. The van der Waals surface area contributed by atoms with Crippen LogP contribution in [0.2, 0.25) is 0 Å². The summed E-state index contributed by atoms with van der Waals surface area (Å²) in [6.07, 6.45) is 0. The summed E-state index contributed by atoms with van der Waals surface area (Å²) < 4.78 is 14.0. The predicted molar refractivity (Wildman–Crippen MR) is 266 cm³/mol. The number of benzene rings is 8. The second-order valence-electron chi connectivity index (χ2n) is 19.1. The highest BCUT2D eigenvalue weighted by Crippen LogP contribution is 2.56. The van der Waals surface area contributed by atoms with Crippen LogP contribution in [-0.4, -0.2) is 5.78 Å². The average molecular weight is 834 g/mol. The van der Waals surface area contributed by atoms with Crippen LogP contribution in [0.5, 0.6) is 0 Å². The molecule has 5 nitrogen and oxygen atoms in total. The van der Waals surface area contributed by atoms with Gasteiger partial charge in [0.1, 0.15) is 22.2 Å². The predicted octanol–water partition coefficient (Wildman–Crippen LogP) is 16.7. The van der Waals surface area contributed by atoms with Gasteiger partial charge in [-0.1, -0.05) is 106 Å². The van der Waals surface area contributed by atoms with Crippen molar-refractivity contribution in [1.82, 2.24) is 0 Å². The number of hydrogen-bond donors (Lipinski definition) is 0. The van der Waals surface area contributed by atoms with Crippen LogP contribution < -0.4 is 9.80 Å². The smallest absolute Gasteiger partial charge is 0.194 e. The Morgan fingerprint density at radius 3 is 1.50 bits per heavy atom. The number of furan rings is 2. The van der Waals surface area contributed by atoms with Gasteiger partial charge in [0.05, 0.1) is 23.7 Å². The molecule has 2 heterocycles. The second-order valence-corrected chi connectivity index (χ2v) is 19.1. The number of para-hydroxylation sites is 2. The van der Waals surface area contributed by atoms with Gasteiger partial charge in [-0.2, -0.15) is 0 Å². The van der Waals surface area contributed by atoms with Crippen LogP contribution in [0.15, 0.2) is 167 Å². The summed E-state index contributed by atoms with van der Waals surface area (Å²) in [4.78, 5) is 20.1. The third kappa shape index (κ3) is 6.21. The molecule has 0 atom stereocenters. The molecule has 1 aliphatic rings. The van der Waals surface area contributed by atoms with Gasteiger partial charge in [-0.25, -0.2) is 0 Å². The van der Waals surface area contributed by atoms with E-state index in [0.717, 1.165) is 94.7 Å². The molecule has 2 aromatic heterocycles. The first-order valence-corrected chi connectivity index (χ1v) is 22.1. The Morgan fingerprint density at radius 2 is 0.953 bits per heavy atom. The van der Waals surface area contributed by atoms with Crippen LogP contribution in [0.25, 0.3) is 55.0 Å². The molecule has 8 aromatic carbocycles. The topological polar surface area (TPSA) is 49.8 Å². The molecule has 0 saturated carbocycles. The summed E-state index contributed by atoms with van der Waals surface area (Å²) in [6, 6.07) is 54.9. The van der Waals surface area contributed by atoms with E-state index >= 15 is 4.79 Å². The van der Waals surface area contributed by atoms with Crippen molar-refractivity contribution < 1.29 is 13.6 Å². The second kappa shape index (κ2) is 14.3. The first-order valence-electron chi connectivity index (χ1n) is 22.1. The van der Waals surface area contributed by atoms with Crippen molar-refractivity contribution in [2.75, 3.05) is 9.80 Å². The number of aryl methyl sites for hydroxylation is 2. The monoisotopic (exact) mass is 833 g/mol. The maximum atomic E-state index is 15.6. The fourth-order valence-electron chi connectivity index (χ4n) is 9.68. The Balaban J connectivity index is 1.23. The molecule has 10 aromatic rings. The summed E-state index contributed by atoms with van der Waals surface area (Å²) in [7, 11) is 0. The number of anilines is 6. The summed E-state index contributed by atoms with van der Waals surface area (Å²) in [5.74, 6) is -0.0624. The van der Waals surface area contributed by atoms with Crippen molar-refractivity contribution in [2.45, 2.75) is 59.3 Å². The van der Waals surface area contributed by atoms with Crippen LogP contribution in [0, 0.1) is 20.8 Å². The summed E-state index contributed by atoms with van der Waals surface area (Å²) >= 11 is 0. The van der Waals surface area contributed by atoms with Gasteiger partial charge in [0.2, 0.25) is 0 Å². The molecule has 11 rings (SSSR count). The lowest BCUT2D eigenvalue weighted by molar-refractivity contribution is 0.104. The van der Waals surface area contributed by atoms with Crippen molar-refractivity contribution in [3.63, 3.8) is 0 Å². The highest BCUT2D eigenvalue weighted by Gasteiger charge is 2.38. The van der Waals surface area contributed by atoms with E-state index in [2.05, 4.69) is 187 Å². The molecule has 0 radical (unpaired) electrons. The number of fused-ring (bicyclic) bond motifs is 11. The van der Waals surface area contributed by atoms with Gasteiger partial charge < -0.3 is 18.6 Å². The normalized spacial score (nSPS) is 12.7. The van der Waals surface area contributed by atoms with Crippen molar-refractivity contribution in [1.29, 1.82) is 0 Å². The summed E-state index contributed by atoms with van der Waals surface area (Å²) in [5, 5.41) is 3.73. The molecule has 312 valence electrons. The van der Waals surface area contributed by atoms with Crippen LogP contribution in [-0.2, 0) is 10.8 Å². The van der Waals surface area contributed by atoms with Crippen LogP contribution in [0.4, 0.5) is 34.1 Å². The SMILES string of the molecule is [CH2+]C(C)(C)c1ccc(N(c2cccc(C)c2)c2cc3c(c4oc5ccccc5c24)-c2c(cc(N(c4ccc(C(C)(C)C)cc4)c4cccc(C)c4)c4oc5ccccc5c24)C3=O)cc1. The van der Waals surface area contributed by atoms with Crippen LogP contribution in [0.3, 0.4) is 0 Å². The standard InChI is InChI=1S/C59H49N2O3/c1-35-15-13-17-41(31-35)60(39-27-23-37(24-28-39)58(3,4)5)47-33-46-54(57-51(47)43-19-9-11-21-49(43)64-57)52-45(55(46)62)34-48(56-53(52)44-20-10-12-22-50(44)63-56)61(42-18-14-16-36(2)32-42)40-29-25-38(26-30-40)59(6,7)8/h9-34H,3H2,1-2,4-8H3/q+1. The Bertz CT molecular complexity index is 3500. The van der Waals surface area contributed by atoms with E-state index in [4.69, 9.17) is 8.83 Å². The third-order valence-electron chi connectivity index (χ3n) is 12.9. The molecule has 64 heavy (non-hydrogen) atoms. The van der Waals surface area contributed by atoms with Gasteiger partial charge in [0.25, 0.3) is 0 Å². The number of carbonyl (C=O) groups excluding carboxylic acids is 1. The van der Waals surface area contributed by atoms with Crippen molar-refractivity contribution >= 4 is 83.8 Å². The first-order chi connectivity index (χ1) is 30.7. The fourth-order valence-corrected chi connectivity index (χ4v) is 9.68. The molecule has 0 fully saturated rings. The molecule has 1 aliphatic carbocycles. The molecular formula is C59H49N2O3+. The quantitative estimate of drug-likeness (QED) is 0.150. The third-order valence-corrected chi connectivity index (χ3v) is 12.9. The number of carbonyl (C=O) groups is 1. The summed E-state index contributed by atoms with van der Waals surface area (Å²) in [5.41, 5.74) is 15.5. The number of nitrogens with zero attached hydrogens (tertiary/aromatic N) is 2. The van der Waals surface area contributed by atoms with Gasteiger partial charge in [0.15, 0.2) is 11.4 Å². The van der Waals surface area contributed by atoms with E-state index in [1.54, 1.807) is 0 Å². The largest absolute Gasteiger partial charge is 0.455 e. The van der Waals surface area contributed by atoms with Crippen molar-refractivity contribution in [3.8, 4) is 11.1 Å². The Hall–Kier alpha value is -7.50. The minimum atomic E-state index is -0.265. The maximum Gasteiger partial charge on any atom is 0.194 e. The lowest BCUT2D eigenvalue weighted by atomic mass is 9.87. The Labute approximate surface area is 374 Å². The molecule has 0 aliphatic heterocycles. The summed E-state index contributed by atoms with van der Waals surface area (Å²) in [6.45, 7) is 19.6. The zero-order valence-electron chi connectivity index (χ0n) is 37.3. The Morgan fingerprint density at radius 1 is 0.469 bits per heavy atom. The average Bonchev–Trinajstić information content (AvgIpc) is 3.94. The van der Waals surface area contributed by atoms with Gasteiger partial charge >= 0.3 is 0 Å². The number of hydrogen-bond acceptors (Lipinski definition) is 5. The number of ketones is 1. The Kier molecular flexibility index (Phi) is 8.77. The molecule has 5 heteroatoms. The highest BCUT2D eigenvalue weighted by molar-refractivity contribution is 6.35. The van der Waals surface area contributed by atoms with Crippen LogP contribution >= 0.6 is 0 Å². The van der Waals surface area contributed by atoms with Gasteiger partial charge in [-0.15, -0.1) is 0 Å². The molecule has 0 saturated heterocycles. The van der Waals surface area contributed by atoms with Crippen molar-refractivity contribution in [2.24, 2.45) is 0 Å². The van der Waals surface area contributed by atoms with E-state index < -0.39 is 0 Å². The maximum absolute atomic E-state index is 15.6. The first kappa shape index (κ1) is 39.4. The minimum absolute atomic E-state index is 0.0203.